The zero-order valence-corrected chi connectivity index (χ0v) is 17.5. The summed E-state index contributed by atoms with van der Waals surface area (Å²) in [6, 6.07) is 18.5. The predicted molar refractivity (Wildman–Crippen MR) is 118 cm³/mol. The number of hydrogen-bond donors (Lipinski definition) is 1. The van der Waals surface area contributed by atoms with Gasteiger partial charge in [-0.05, 0) is 31.9 Å². The number of carbonyl (C=O) groups excluding carboxylic acids is 1. The summed E-state index contributed by atoms with van der Waals surface area (Å²) in [6.07, 6.45) is 5.79. The van der Waals surface area contributed by atoms with Gasteiger partial charge in [-0.15, -0.1) is 5.10 Å². The Labute approximate surface area is 175 Å². The minimum atomic E-state index is 0.120. The fourth-order valence-corrected chi connectivity index (χ4v) is 4.49. The van der Waals surface area contributed by atoms with E-state index >= 15 is 0 Å². The molecule has 1 amide bonds. The number of para-hydroxylation sites is 1. The van der Waals surface area contributed by atoms with Gasteiger partial charge in [0.05, 0.1) is 5.75 Å². The largest absolute Gasteiger partial charge is 0.309 e. The van der Waals surface area contributed by atoms with Crippen molar-refractivity contribution in [3.05, 3.63) is 60.2 Å². The lowest BCUT2D eigenvalue weighted by molar-refractivity contribution is -0.116. The summed E-state index contributed by atoms with van der Waals surface area (Å²) in [5.41, 5.74) is 3.19. The normalized spacial score (nSPS) is 14.7. The van der Waals surface area contributed by atoms with Gasteiger partial charge >= 0.3 is 0 Å². The highest BCUT2D eigenvalue weighted by molar-refractivity contribution is 7.99. The smallest absolute Gasteiger partial charge is 0.237 e. The third-order valence-corrected chi connectivity index (χ3v) is 6.19. The van der Waals surface area contributed by atoms with Crippen LogP contribution < -0.4 is 4.90 Å². The third-order valence-electron chi connectivity index (χ3n) is 5.36. The first-order valence-corrected chi connectivity index (χ1v) is 11.2. The van der Waals surface area contributed by atoms with Gasteiger partial charge in [0, 0.05) is 17.3 Å². The van der Waals surface area contributed by atoms with Gasteiger partial charge in [-0.3, -0.25) is 9.89 Å². The van der Waals surface area contributed by atoms with E-state index in [2.05, 4.69) is 34.2 Å². The fraction of sp³-hybridized carbons (Fsp3) is 0.348. The van der Waals surface area contributed by atoms with Crippen molar-refractivity contribution in [2.75, 3.05) is 10.7 Å². The molecule has 5 nitrogen and oxygen atoms in total. The van der Waals surface area contributed by atoms with E-state index in [0.29, 0.717) is 10.9 Å². The van der Waals surface area contributed by atoms with Crippen LogP contribution in [0.1, 0.15) is 37.7 Å². The lowest BCUT2D eigenvalue weighted by Crippen LogP contribution is -2.42. The Kier molecular flexibility index (Phi) is 6.30. The number of rotatable bonds is 6. The van der Waals surface area contributed by atoms with Crippen LogP contribution >= 0.6 is 11.8 Å². The first-order valence-electron chi connectivity index (χ1n) is 10.2. The number of aromatic amines is 1. The molecule has 29 heavy (non-hydrogen) atoms. The minimum Gasteiger partial charge on any atom is -0.309 e. The molecular formula is C23H26N4OS. The maximum absolute atomic E-state index is 13.2. The summed E-state index contributed by atoms with van der Waals surface area (Å²) in [4.78, 5) is 19.7. The van der Waals surface area contributed by atoms with Crippen LogP contribution in [0.15, 0.2) is 59.8 Å². The molecule has 1 saturated carbocycles. The zero-order valence-electron chi connectivity index (χ0n) is 16.7. The summed E-state index contributed by atoms with van der Waals surface area (Å²) < 4.78 is 0. The summed E-state index contributed by atoms with van der Waals surface area (Å²) in [5, 5.41) is 7.87. The van der Waals surface area contributed by atoms with E-state index < -0.39 is 0 Å². The van der Waals surface area contributed by atoms with E-state index in [4.69, 9.17) is 0 Å². The molecule has 1 fully saturated rings. The Morgan fingerprint density at radius 1 is 1.07 bits per heavy atom. The van der Waals surface area contributed by atoms with Crippen LogP contribution in [0.5, 0.6) is 0 Å². The van der Waals surface area contributed by atoms with Crippen molar-refractivity contribution in [3.8, 4) is 11.4 Å². The summed E-state index contributed by atoms with van der Waals surface area (Å²) >= 11 is 1.39. The second-order valence-corrected chi connectivity index (χ2v) is 8.45. The Morgan fingerprint density at radius 3 is 2.52 bits per heavy atom. The number of aromatic nitrogens is 3. The van der Waals surface area contributed by atoms with Gasteiger partial charge < -0.3 is 4.90 Å². The zero-order chi connectivity index (χ0) is 20.1. The quantitative estimate of drug-likeness (QED) is 0.569. The minimum absolute atomic E-state index is 0.120. The molecule has 0 saturated heterocycles. The van der Waals surface area contributed by atoms with E-state index in [1.54, 1.807) is 0 Å². The van der Waals surface area contributed by atoms with Gasteiger partial charge in [0.1, 0.15) is 0 Å². The number of hydrogen-bond acceptors (Lipinski definition) is 4. The summed E-state index contributed by atoms with van der Waals surface area (Å²) in [5.74, 6) is 1.18. The highest BCUT2D eigenvalue weighted by Gasteiger charge is 2.27. The Hall–Kier alpha value is -2.60. The molecule has 0 bridgehead atoms. The number of benzene rings is 2. The van der Waals surface area contributed by atoms with Crippen LogP contribution in [0, 0.1) is 6.92 Å². The molecule has 1 N–H and O–H groups in total. The molecule has 0 spiro atoms. The number of nitrogens with one attached hydrogen (secondary N) is 1. The fourth-order valence-electron chi connectivity index (χ4n) is 3.83. The monoisotopic (exact) mass is 406 g/mol. The molecule has 6 heteroatoms. The Balaban J connectivity index is 1.45. The highest BCUT2D eigenvalue weighted by Crippen LogP contribution is 2.29. The Morgan fingerprint density at radius 2 is 1.79 bits per heavy atom. The van der Waals surface area contributed by atoms with Gasteiger partial charge in [0.25, 0.3) is 0 Å². The standard InChI is InChI=1S/C23H26N4OS/c1-17-12-14-18(15-13-17)22-24-23(26-25-22)29-16-21(28)27(19-8-4-2-5-9-19)20-10-6-3-7-11-20/h2,4-5,8-9,12-15,20H,3,6-7,10-11,16H2,1H3,(H,24,25,26). The van der Waals surface area contributed by atoms with Crippen molar-refractivity contribution >= 4 is 23.4 Å². The van der Waals surface area contributed by atoms with Crippen molar-refractivity contribution in [1.82, 2.24) is 15.2 Å². The number of carbonyl (C=O) groups is 1. The molecule has 1 aromatic heterocycles. The topological polar surface area (TPSA) is 61.9 Å². The average molecular weight is 407 g/mol. The molecule has 3 aromatic rings. The van der Waals surface area contributed by atoms with Crippen molar-refractivity contribution in [2.45, 2.75) is 50.2 Å². The first-order chi connectivity index (χ1) is 14.2. The van der Waals surface area contributed by atoms with Gasteiger partial charge in [-0.25, -0.2) is 4.98 Å². The number of anilines is 1. The van der Waals surface area contributed by atoms with Gasteiger partial charge in [0.15, 0.2) is 5.82 Å². The van der Waals surface area contributed by atoms with Crippen molar-refractivity contribution in [1.29, 1.82) is 0 Å². The SMILES string of the molecule is Cc1ccc(-c2nc(SCC(=O)N(c3ccccc3)C3CCCCC3)n[nH]2)cc1. The second-order valence-electron chi connectivity index (χ2n) is 7.51. The van der Waals surface area contributed by atoms with Crippen molar-refractivity contribution < 1.29 is 4.79 Å². The van der Waals surface area contributed by atoms with Gasteiger partial charge in [-0.2, -0.15) is 0 Å². The predicted octanol–water partition coefficient (Wildman–Crippen LogP) is 5.24. The Bertz CT molecular complexity index is 933. The molecule has 4 rings (SSSR count). The molecule has 1 heterocycles. The summed E-state index contributed by atoms with van der Waals surface area (Å²) in [6.45, 7) is 2.06. The number of nitrogens with zero attached hydrogens (tertiary/aromatic N) is 3. The van der Waals surface area contributed by atoms with E-state index in [1.807, 2.05) is 47.4 Å². The molecule has 0 unspecified atom stereocenters. The molecule has 0 atom stereocenters. The number of amides is 1. The van der Waals surface area contributed by atoms with Crippen LogP contribution in [0.4, 0.5) is 5.69 Å². The van der Waals surface area contributed by atoms with Crippen LogP contribution in [-0.4, -0.2) is 32.9 Å². The van der Waals surface area contributed by atoms with Gasteiger partial charge in [0.2, 0.25) is 11.1 Å². The molecule has 2 aromatic carbocycles. The van der Waals surface area contributed by atoms with E-state index in [9.17, 15) is 4.79 Å². The molecule has 1 aliphatic carbocycles. The molecular weight excluding hydrogens is 380 g/mol. The highest BCUT2D eigenvalue weighted by atomic mass is 32.2. The average Bonchev–Trinajstić information content (AvgIpc) is 3.24. The molecule has 0 aliphatic heterocycles. The summed E-state index contributed by atoms with van der Waals surface area (Å²) in [7, 11) is 0. The van der Waals surface area contributed by atoms with Crippen LogP contribution in [0.3, 0.4) is 0 Å². The van der Waals surface area contributed by atoms with Crippen LogP contribution in [0.25, 0.3) is 11.4 Å². The first kappa shape index (κ1) is 19.7. The number of H-pyrrole nitrogens is 1. The maximum atomic E-state index is 13.2. The lowest BCUT2D eigenvalue weighted by Gasteiger charge is -2.34. The maximum Gasteiger partial charge on any atom is 0.237 e. The molecule has 0 radical (unpaired) electrons. The van der Waals surface area contributed by atoms with Gasteiger partial charge in [-0.1, -0.05) is 79.1 Å². The van der Waals surface area contributed by atoms with Crippen LogP contribution in [-0.2, 0) is 4.79 Å². The second kappa shape index (κ2) is 9.27. The van der Waals surface area contributed by atoms with E-state index in [1.165, 1.54) is 36.6 Å². The van der Waals surface area contributed by atoms with E-state index in [0.717, 1.165) is 29.9 Å². The van der Waals surface area contributed by atoms with E-state index in [-0.39, 0.29) is 11.9 Å². The number of thioether (sulfide) groups is 1. The number of aryl methyl sites for hydroxylation is 1. The van der Waals surface area contributed by atoms with Crippen molar-refractivity contribution in [2.24, 2.45) is 0 Å². The molecule has 150 valence electrons. The van der Waals surface area contributed by atoms with Crippen LogP contribution in [0.2, 0.25) is 0 Å². The van der Waals surface area contributed by atoms with Crippen molar-refractivity contribution in [3.63, 3.8) is 0 Å². The lowest BCUT2D eigenvalue weighted by atomic mass is 9.93. The third kappa shape index (κ3) is 4.88. The molecule has 1 aliphatic rings.